The fourth-order valence-electron chi connectivity index (χ4n) is 3.65. The lowest BCUT2D eigenvalue weighted by atomic mass is 9.81. The molecule has 4 heteroatoms. The molecule has 1 N–H and O–H groups in total. The van der Waals surface area contributed by atoms with Crippen molar-refractivity contribution in [1.82, 2.24) is 5.32 Å². The molecule has 0 radical (unpaired) electrons. The van der Waals surface area contributed by atoms with Crippen LogP contribution in [-0.4, -0.2) is 18.1 Å². The number of hydrogen-bond acceptors (Lipinski definition) is 2. The number of hydrogen-bond donors (Lipinski definition) is 1. The topological polar surface area (TPSA) is 38.3 Å². The van der Waals surface area contributed by atoms with E-state index >= 15 is 0 Å². The van der Waals surface area contributed by atoms with Gasteiger partial charge in [-0.15, -0.1) is 0 Å². The Hall–Kier alpha value is -1.42. The molecule has 120 valence electrons. The van der Waals surface area contributed by atoms with Crippen molar-refractivity contribution < 1.29 is 13.9 Å². The molecule has 2 saturated heterocycles. The molecule has 22 heavy (non-hydrogen) atoms. The predicted octanol–water partition coefficient (Wildman–Crippen LogP) is 3.60. The van der Waals surface area contributed by atoms with Crippen molar-refractivity contribution in [3.8, 4) is 0 Å². The van der Waals surface area contributed by atoms with E-state index in [0.717, 1.165) is 24.8 Å². The van der Waals surface area contributed by atoms with Gasteiger partial charge < -0.3 is 10.1 Å². The largest absolute Gasteiger partial charge is 0.374 e. The maximum Gasteiger partial charge on any atom is 0.226 e. The second-order valence-corrected chi connectivity index (χ2v) is 7.58. The molecular weight excluding hydrogens is 281 g/mol. The Morgan fingerprint density at radius 2 is 2.14 bits per heavy atom. The predicted molar refractivity (Wildman–Crippen MR) is 82.7 cm³/mol. The van der Waals surface area contributed by atoms with E-state index in [9.17, 15) is 9.18 Å². The van der Waals surface area contributed by atoms with Crippen LogP contribution in [0.4, 0.5) is 4.39 Å². The molecule has 1 amide bonds. The van der Waals surface area contributed by atoms with Gasteiger partial charge in [-0.3, -0.25) is 4.79 Å². The summed E-state index contributed by atoms with van der Waals surface area (Å²) >= 11 is 0. The summed E-state index contributed by atoms with van der Waals surface area (Å²) in [5, 5.41) is 3.14. The van der Waals surface area contributed by atoms with Crippen molar-refractivity contribution in [2.75, 3.05) is 0 Å². The summed E-state index contributed by atoms with van der Waals surface area (Å²) in [6, 6.07) is 6.28. The molecule has 0 saturated carbocycles. The van der Waals surface area contributed by atoms with Crippen LogP contribution >= 0.6 is 0 Å². The third-order valence-corrected chi connectivity index (χ3v) is 4.78. The van der Waals surface area contributed by atoms with E-state index in [-0.39, 0.29) is 41.3 Å². The van der Waals surface area contributed by atoms with Gasteiger partial charge in [-0.05, 0) is 42.4 Å². The second kappa shape index (κ2) is 5.65. The van der Waals surface area contributed by atoms with Gasteiger partial charge in [0, 0.05) is 0 Å². The van der Waals surface area contributed by atoms with E-state index in [1.54, 1.807) is 6.07 Å². The number of carbonyl (C=O) groups is 1. The highest BCUT2D eigenvalue weighted by Gasteiger charge is 2.45. The maximum atomic E-state index is 13.5. The summed E-state index contributed by atoms with van der Waals surface area (Å²) in [6.07, 6.45) is 3.18. The molecule has 2 bridgehead atoms. The van der Waals surface area contributed by atoms with Crippen LogP contribution in [0.5, 0.6) is 0 Å². The minimum absolute atomic E-state index is 0.0383. The number of ether oxygens (including phenoxy) is 1. The molecule has 3 nitrogen and oxygen atoms in total. The fraction of sp³-hybridized carbons (Fsp3) is 0.611. The van der Waals surface area contributed by atoms with Gasteiger partial charge in [-0.25, -0.2) is 4.39 Å². The number of amides is 1. The number of nitrogens with one attached hydrogen (secondary N) is 1. The van der Waals surface area contributed by atoms with Crippen molar-refractivity contribution >= 4 is 5.91 Å². The van der Waals surface area contributed by atoms with E-state index in [1.165, 1.54) is 12.1 Å². The fourth-order valence-corrected chi connectivity index (χ4v) is 3.65. The summed E-state index contributed by atoms with van der Waals surface area (Å²) < 4.78 is 19.3. The molecule has 2 heterocycles. The summed E-state index contributed by atoms with van der Waals surface area (Å²) in [7, 11) is 0. The molecule has 1 aromatic rings. The quantitative estimate of drug-likeness (QED) is 0.926. The summed E-state index contributed by atoms with van der Waals surface area (Å²) in [5.41, 5.74) is 0.618. The van der Waals surface area contributed by atoms with Crippen molar-refractivity contribution in [2.45, 2.75) is 58.3 Å². The Kier molecular flexibility index (Phi) is 3.98. The Labute approximate surface area is 131 Å². The monoisotopic (exact) mass is 305 g/mol. The van der Waals surface area contributed by atoms with Gasteiger partial charge in [-0.2, -0.15) is 0 Å². The molecule has 2 aliphatic heterocycles. The highest BCUT2D eigenvalue weighted by atomic mass is 19.1. The first-order chi connectivity index (χ1) is 10.3. The van der Waals surface area contributed by atoms with E-state index < -0.39 is 0 Å². The molecule has 2 fully saturated rings. The lowest BCUT2D eigenvalue weighted by molar-refractivity contribution is -0.128. The van der Waals surface area contributed by atoms with Crippen LogP contribution in [0.15, 0.2) is 24.3 Å². The Bertz CT molecular complexity index is 566. The third-order valence-electron chi connectivity index (χ3n) is 4.78. The summed E-state index contributed by atoms with van der Waals surface area (Å²) in [6.45, 7) is 6.17. The molecule has 0 aromatic heterocycles. The van der Waals surface area contributed by atoms with Crippen LogP contribution < -0.4 is 5.32 Å². The van der Waals surface area contributed by atoms with Gasteiger partial charge in [-0.1, -0.05) is 32.9 Å². The molecule has 0 unspecified atom stereocenters. The Balaban J connectivity index is 1.77. The molecule has 0 aliphatic carbocycles. The maximum absolute atomic E-state index is 13.5. The zero-order valence-electron chi connectivity index (χ0n) is 13.4. The molecule has 3 rings (SSSR count). The normalized spacial score (nSPS) is 28.6. The lowest BCUT2D eigenvalue weighted by Crippen LogP contribution is -2.42. The summed E-state index contributed by atoms with van der Waals surface area (Å²) in [4.78, 5) is 12.7. The number of benzene rings is 1. The SMILES string of the molecule is CC(C)(C)[C@@H](NC(=O)[C@H]1C[C@H]2CC[C@H]1O2)c1cccc(F)c1. The van der Waals surface area contributed by atoms with Crippen molar-refractivity contribution in [3.05, 3.63) is 35.6 Å². The molecule has 0 spiro atoms. The summed E-state index contributed by atoms with van der Waals surface area (Å²) in [5.74, 6) is -0.294. The first kappa shape index (κ1) is 15.5. The highest BCUT2D eigenvalue weighted by molar-refractivity contribution is 5.80. The average Bonchev–Trinajstić information content (AvgIpc) is 3.05. The number of rotatable bonds is 3. The van der Waals surface area contributed by atoms with Crippen LogP contribution in [0.3, 0.4) is 0 Å². The Morgan fingerprint density at radius 1 is 1.36 bits per heavy atom. The molecule has 1 aromatic carbocycles. The van der Waals surface area contributed by atoms with E-state index in [1.807, 2.05) is 6.07 Å². The first-order valence-electron chi connectivity index (χ1n) is 8.06. The molecule has 2 aliphatic rings. The van der Waals surface area contributed by atoms with Gasteiger partial charge in [0.05, 0.1) is 24.2 Å². The smallest absolute Gasteiger partial charge is 0.226 e. The lowest BCUT2D eigenvalue weighted by Gasteiger charge is -2.33. The van der Waals surface area contributed by atoms with Crippen LogP contribution in [0.25, 0.3) is 0 Å². The zero-order valence-corrected chi connectivity index (χ0v) is 13.4. The second-order valence-electron chi connectivity index (χ2n) is 7.58. The van der Waals surface area contributed by atoms with E-state index in [0.29, 0.717) is 0 Å². The van der Waals surface area contributed by atoms with Gasteiger partial charge in [0.25, 0.3) is 0 Å². The average molecular weight is 305 g/mol. The third kappa shape index (κ3) is 3.02. The zero-order chi connectivity index (χ0) is 15.9. The van der Waals surface area contributed by atoms with Crippen LogP contribution in [0.1, 0.15) is 51.6 Å². The van der Waals surface area contributed by atoms with Crippen molar-refractivity contribution in [2.24, 2.45) is 11.3 Å². The van der Waals surface area contributed by atoms with Gasteiger partial charge in [0.1, 0.15) is 5.82 Å². The van der Waals surface area contributed by atoms with Crippen molar-refractivity contribution in [3.63, 3.8) is 0 Å². The van der Waals surface area contributed by atoms with Gasteiger partial charge >= 0.3 is 0 Å². The van der Waals surface area contributed by atoms with Gasteiger partial charge in [0.15, 0.2) is 0 Å². The van der Waals surface area contributed by atoms with Crippen molar-refractivity contribution in [1.29, 1.82) is 0 Å². The van der Waals surface area contributed by atoms with E-state index in [4.69, 9.17) is 4.74 Å². The van der Waals surface area contributed by atoms with Crippen LogP contribution in [0, 0.1) is 17.2 Å². The standard InChI is InChI=1S/C18H24FNO2/c1-18(2,3)16(11-5-4-6-12(19)9-11)20-17(21)14-10-13-7-8-15(14)22-13/h4-6,9,13-16H,7-8,10H2,1-3H3,(H,20,21)/t13-,14+,15-,16+/m1/s1. The number of halogens is 1. The minimum Gasteiger partial charge on any atom is -0.374 e. The minimum atomic E-state index is -0.274. The van der Waals surface area contributed by atoms with E-state index in [2.05, 4.69) is 26.1 Å². The number of fused-ring (bicyclic) bond motifs is 2. The van der Waals surface area contributed by atoms with Gasteiger partial charge in [0.2, 0.25) is 5.91 Å². The van der Waals surface area contributed by atoms with Crippen LogP contribution in [-0.2, 0) is 9.53 Å². The molecular formula is C18H24FNO2. The molecule has 4 atom stereocenters. The first-order valence-corrected chi connectivity index (χ1v) is 8.06. The highest BCUT2D eigenvalue weighted by Crippen LogP contribution is 2.40. The van der Waals surface area contributed by atoms with Crippen LogP contribution in [0.2, 0.25) is 0 Å². The number of carbonyl (C=O) groups excluding carboxylic acids is 1. The Morgan fingerprint density at radius 3 is 2.68 bits per heavy atom.